The smallest absolute Gasteiger partial charge is 0.0823 e. The van der Waals surface area contributed by atoms with Gasteiger partial charge in [0, 0.05) is 23.7 Å². The Kier molecular flexibility index (Phi) is 2.94. The minimum atomic E-state index is -0.154. The molecule has 0 radical (unpaired) electrons. The number of benzene rings is 1. The number of hydrogen-bond donors (Lipinski definition) is 1. The van der Waals surface area contributed by atoms with Crippen LogP contribution in [0.5, 0.6) is 0 Å². The lowest BCUT2D eigenvalue weighted by Gasteiger charge is -2.42. The first-order valence-corrected chi connectivity index (χ1v) is 6.85. The Labute approximate surface area is 117 Å². The van der Waals surface area contributed by atoms with Gasteiger partial charge >= 0.3 is 0 Å². The highest BCUT2D eigenvalue weighted by atomic mass is 35.5. The molecule has 1 N–H and O–H groups in total. The molecule has 0 spiro atoms. The highest BCUT2D eigenvalue weighted by Gasteiger charge is 2.43. The van der Waals surface area contributed by atoms with E-state index in [1.165, 1.54) is 12.0 Å². The molecule has 3 nitrogen and oxygen atoms in total. The summed E-state index contributed by atoms with van der Waals surface area (Å²) in [6.07, 6.45) is 4.97. The van der Waals surface area contributed by atoms with E-state index in [1.807, 2.05) is 37.4 Å². The summed E-state index contributed by atoms with van der Waals surface area (Å²) in [4.78, 5) is 0. The first-order chi connectivity index (χ1) is 9.13. The number of aryl methyl sites for hydroxylation is 1. The van der Waals surface area contributed by atoms with Crippen LogP contribution >= 0.6 is 11.6 Å². The number of nitrogens with zero attached hydrogens (tertiary/aromatic N) is 2. The van der Waals surface area contributed by atoms with E-state index in [1.54, 1.807) is 10.9 Å². The molecular formula is C15H16ClN3. The average Bonchev–Trinajstić information content (AvgIpc) is 2.76. The SMILES string of the molecule is Cn1nccc1C(=N)C1(c2ccc(Cl)cc2)CCC1. The minimum Gasteiger partial charge on any atom is -0.302 e. The second-order valence-corrected chi connectivity index (χ2v) is 5.59. The van der Waals surface area contributed by atoms with Crippen LogP contribution in [0.15, 0.2) is 36.5 Å². The Morgan fingerprint density at radius 2 is 1.95 bits per heavy atom. The van der Waals surface area contributed by atoms with Crippen molar-refractivity contribution in [1.82, 2.24) is 9.78 Å². The lowest BCUT2D eigenvalue weighted by Crippen LogP contribution is -2.43. The molecule has 0 saturated heterocycles. The molecule has 1 saturated carbocycles. The molecule has 1 aliphatic carbocycles. The molecule has 0 atom stereocenters. The third kappa shape index (κ3) is 1.89. The molecule has 3 rings (SSSR count). The van der Waals surface area contributed by atoms with E-state index in [9.17, 15) is 0 Å². The summed E-state index contributed by atoms with van der Waals surface area (Å²) in [5.41, 5.74) is 2.60. The van der Waals surface area contributed by atoms with Crippen LogP contribution in [0.2, 0.25) is 5.02 Å². The summed E-state index contributed by atoms with van der Waals surface area (Å²) in [5, 5.41) is 13.5. The molecule has 4 heteroatoms. The van der Waals surface area contributed by atoms with Crippen LogP contribution in [0, 0.1) is 5.41 Å². The first-order valence-electron chi connectivity index (χ1n) is 6.47. The van der Waals surface area contributed by atoms with Crippen LogP contribution in [0.25, 0.3) is 0 Å². The second-order valence-electron chi connectivity index (χ2n) is 5.16. The quantitative estimate of drug-likeness (QED) is 0.854. The van der Waals surface area contributed by atoms with Gasteiger partial charge in [0.1, 0.15) is 0 Å². The van der Waals surface area contributed by atoms with Crippen molar-refractivity contribution in [1.29, 1.82) is 5.41 Å². The van der Waals surface area contributed by atoms with Gasteiger partial charge < -0.3 is 5.41 Å². The Balaban J connectivity index is 2.02. The molecule has 19 heavy (non-hydrogen) atoms. The van der Waals surface area contributed by atoms with Crippen molar-refractivity contribution >= 4 is 17.3 Å². The normalized spacial score (nSPS) is 16.9. The van der Waals surface area contributed by atoms with E-state index in [4.69, 9.17) is 17.0 Å². The summed E-state index contributed by atoms with van der Waals surface area (Å²) < 4.78 is 1.78. The molecule has 0 unspecified atom stereocenters. The van der Waals surface area contributed by atoms with E-state index in [2.05, 4.69) is 5.10 Å². The van der Waals surface area contributed by atoms with Gasteiger partial charge in [-0.25, -0.2) is 0 Å². The van der Waals surface area contributed by atoms with Gasteiger partial charge in [0.25, 0.3) is 0 Å². The molecule has 1 aromatic carbocycles. The summed E-state index contributed by atoms with van der Waals surface area (Å²) in [5.74, 6) is 0. The maximum absolute atomic E-state index is 8.59. The molecule has 98 valence electrons. The topological polar surface area (TPSA) is 41.7 Å². The predicted molar refractivity (Wildman–Crippen MR) is 77.0 cm³/mol. The highest BCUT2D eigenvalue weighted by molar-refractivity contribution is 6.30. The monoisotopic (exact) mass is 273 g/mol. The Morgan fingerprint density at radius 1 is 1.26 bits per heavy atom. The Morgan fingerprint density at radius 3 is 2.42 bits per heavy atom. The molecule has 1 aliphatic rings. The average molecular weight is 274 g/mol. The Hall–Kier alpha value is -1.61. The summed E-state index contributed by atoms with van der Waals surface area (Å²) in [6, 6.07) is 9.83. The van der Waals surface area contributed by atoms with Crippen molar-refractivity contribution in [2.45, 2.75) is 24.7 Å². The zero-order chi connectivity index (χ0) is 13.5. The van der Waals surface area contributed by atoms with Crippen LogP contribution in [0.1, 0.15) is 30.5 Å². The van der Waals surface area contributed by atoms with Crippen molar-refractivity contribution in [2.24, 2.45) is 7.05 Å². The lowest BCUT2D eigenvalue weighted by atomic mass is 9.61. The Bertz CT molecular complexity index is 609. The highest BCUT2D eigenvalue weighted by Crippen LogP contribution is 2.46. The van der Waals surface area contributed by atoms with Gasteiger partial charge in [-0.05, 0) is 36.6 Å². The van der Waals surface area contributed by atoms with Crippen molar-refractivity contribution in [3.8, 4) is 0 Å². The maximum Gasteiger partial charge on any atom is 0.0823 e. The van der Waals surface area contributed by atoms with Crippen LogP contribution in [-0.2, 0) is 12.5 Å². The van der Waals surface area contributed by atoms with E-state index in [-0.39, 0.29) is 5.41 Å². The zero-order valence-electron chi connectivity index (χ0n) is 10.9. The third-order valence-electron chi connectivity index (χ3n) is 4.16. The molecule has 1 aromatic heterocycles. The standard InChI is InChI=1S/C15H16ClN3/c1-19-13(7-10-18-19)14(17)15(8-2-9-15)11-3-5-12(16)6-4-11/h3-7,10,17H,2,8-9H2,1H3. The van der Waals surface area contributed by atoms with E-state index in [0.29, 0.717) is 5.71 Å². The largest absolute Gasteiger partial charge is 0.302 e. The van der Waals surface area contributed by atoms with E-state index in [0.717, 1.165) is 23.6 Å². The van der Waals surface area contributed by atoms with Gasteiger partial charge in [0.05, 0.1) is 11.4 Å². The van der Waals surface area contributed by atoms with Crippen molar-refractivity contribution in [2.75, 3.05) is 0 Å². The number of rotatable bonds is 3. The molecule has 0 aliphatic heterocycles. The van der Waals surface area contributed by atoms with Crippen molar-refractivity contribution in [3.63, 3.8) is 0 Å². The minimum absolute atomic E-state index is 0.154. The summed E-state index contributed by atoms with van der Waals surface area (Å²) >= 11 is 5.96. The molecular weight excluding hydrogens is 258 g/mol. The van der Waals surface area contributed by atoms with E-state index >= 15 is 0 Å². The molecule has 1 fully saturated rings. The lowest BCUT2D eigenvalue weighted by molar-refractivity contribution is 0.338. The van der Waals surface area contributed by atoms with Crippen LogP contribution in [0.4, 0.5) is 0 Å². The maximum atomic E-state index is 8.59. The fourth-order valence-electron chi connectivity index (χ4n) is 2.85. The fourth-order valence-corrected chi connectivity index (χ4v) is 2.97. The van der Waals surface area contributed by atoms with Gasteiger partial charge in [-0.3, -0.25) is 4.68 Å². The van der Waals surface area contributed by atoms with Gasteiger partial charge in [-0.15, -0.1) is 0 Å². The molecule has 1 heterocycles. The van der Waals surface area contributed by atoms with Gasteiger partial charge in [0.2, 0.25) is 0 Å². The third-order valence-corrected chi connectivity index (χ3v) is 4.41. The number of hydrogen-bond acceptors (Lipinski definition) is 2. The second kappa shape index (κ2) is 4.49. The molecule has 0 bridgehead atoms. The predicted octanol–water partition coefficient (Wildman–Crippen LogP) is 3.56. The zero-order valence-corrected chi connectivity index (χ0v) is 11.6. The number of nitrogens with one attached hydrogen (secondary N) is 1. The van der Waals surface area contributed by atoms with Gasteiger partial charge in [-0.2, -0.15) is 5.10 Å². The van der Waals surface area contributed by atoms with Crippen LogP contribution in [-0.4, -0.2) is 15.5 Å². The summed E-state index contributed by atoms with van der Waals surface area (Å²) in [7, 11) is 1.89. The molecule has 2 aromatic rings. The van der Waals surface area contributed by atoms with Gasteiger partial charge in [0.15, 0.2) is 0 Å². The fraction of sp³-hybridized carbons (Fsp3) is 0.333. The first kappa shape index (κ1) is 12.4. The number of halogens is 1. The number of aromatic nitrogens is 2. The molecule has 0 amide bonds. The van der Waals surface area contributed by atoms with Crippen LogP contribution in [0.3, 0.4) is 0 Å². The summed E-state index contributed by atoms with van der Waals surface area (Å²) in [6.45, 7) is 0. The van der Waals surface area contributed by atoms with Crippen molar-refractivity contribution < 1.29 is 0 Å². The van der Waals surface area contributed by atoms with Crippen molar-refractivity contribution in [3.05, 3.63) is 52.8 Å². The van der Waals surface area contributed by atoms with E-state index < -0.39 is 0 Å². The van der Waals surface area contributed by atoms with Crippen LogP contribution < -0.4 is 0 Å². The van der Waals surface area contributed by atoms with Gasteiger partial charge in [-0.1, -0.05) is 30.2 Å².